The van der Waals surface area contributed by atoms with Gasteiger partial charge in [0.15, 0.2) is 0 Å². The van der Waals surface area contributed by atoms with Crippen molar-refractivity contribution in [1.29, 1.82) is 0 Å². The molecule has 0 atom stereocenters. The average molecular weight is 391 g/mol. The van der Waals surface area contributed by atoms with Crippen molar-refractivity contribution in [2.75, 3.05) is 13.1 Å². The Kier molecular flexibility index (Phi) is 5.96. The number of halogens is 3. The first kappa shape index (κ1) is 20.2. The Morgan fingerprint density at radius 1 is 1.07 bits per heavy atom. The van der Waals surface area contributed by atoms with Crippen LogP contribution in [0.4, 0.5) is 13.2 Å². The molecule has 3 rings (SSSR count). The molecule has 0 N–H and O–H groups in total. The molecule has 0 spiro atoms. The SMILES string of the molecule is Cc1ccc(C)c(OC2CCN(C(=O)Cc3ccc(C(F)(F)F)cc3)CC2)c1. The van der Waals surface area contributed by atoms with E-state index in [1.807, 2.05) is 32.0 Å². The fourth-order valence-corrected chi connectivity index (χ4v) is 3.33. The second-order valence-corrected chi connectivity index (χ2v) is 7.34. The van der Waals surface area contributed by atoms with E-state index < -0.39 is 11.7 Å². The van der Waals surface area contributed by atoms with Crippen molar-refractivity contribution in [2.24, 2.45) is 0 Å². The third kappa shape index (κ3) is 5.06. The molecule has 0 saturated carbocycles. The Morgan fingerprint density at radius 2 is 1.71 bits per heavy atom. The number of nitrogens with zero attached hydrogens (tertiary/aromatic N) is 1. The van der Waals surface area contributed by atoms with Crippen LogP contribution in [0.3, 0.4) is 0 Å². The summed E-state index contributed by atoms with van der Waals surface area (Å²) in [6.07, 6.45) is -2.70. The lowest BCUT2D eigenvalue weighted by atomic mass is 10.0. The molecule has 150 valence electrons. The molecule has 0 unspecified atom stereocenters. The molecule has 1 fully saturated rings. The van der Waals surface area contributed by atoms with Crippen LogP contribution in [0.25, 0.3) is 0 Å². The van der Waals surface area contributed by atoms with Gasteiger partial charge in [-0.3, -0.25) is 4.79 Å². The van der Waals surface area contributed by atoms with E-state index in [1.165, 1.54) is 12.1 Å². The Morgan fingerprint density at radius 3 is 2.32 bits per heavy atom. The van der Waals surface area contributed by atoms with Gasteiger partial charge in [-0.25, -0.2) is 0 Å². The van der Waals surface area contributed by atoms with E-state index in [-0.39, 0.29) is 18.4 Å². The van der Waals surface area contributed by atoms with E-state index in [1.54, 1.807) is 4.90 Å². The van der Waals surface area contributed by atoms with Gasteiger partial charge in [-0.2, -0.15) is 13.2 Å². The van der Waals surface area contributed by atoms with Crippen LogP contribution >= 0.6 is 0 Å². The number of carbonyl (C=O) groups excluding carboxylic acids is 1. The number of rotatable bonds is 4. The number of amides is 1. The first-order chi connectivity index (χ1) is 13.2. The minimum Gasteiger partial charge on any atom is -0.490 e. The molecule has 2 aromatic rings. The molecule has 0 radical (unpaired) electrons. The van der Waals surface area contributed by atoms with E-state index in [0.717, 1.165) is 41.9 Å². The van der Waals surface area contributed by atoms with Gasteiger partial charge in [0.2, 0.25) is 5.91 Å². The Balaban J connectivity index is 1.51. The van der Waals surface area contributed by atoms with Gasteiger partial charge in [0, 0.05) is 25.9 Å². The number of aryl methyl sites for hydroxylation is 2. The van der Waals surface area contributed by atoms with Gasteiger partial charge >= 0.3 is 6.18 Å². The Bertz CT molecular complexity index is 823. The van der Waals surface area contributed by atoms with Crippen LogP contribution in [-0.2, 0) is 17.4 Å². The smallest absolute Gasteiger partial charge is 0.416 e. The monoisotopic (exact) mass is 391 g/mol. The summed E-state index contributed by atoms with van der Waals surface area (Å²) in [5.74, 6) is 0.819. The number of alkyl halides is 3. The molecular formula is C22H24F3NO2. The van der Waals surface area contributed by atoms with Crippen molar-refractivity contribution in [3.05, 3.63) is 64.7 Å². The largest absolute Gasteiger partial charge is 0.490 e. The highest BCUT2D eigenvalue weighted by molar-refractivity contribution is 5.78. The van der Waals surface area contributed by atoms with Crippen LogP contribution in [0.5, 0.6) is 5.75 Å². The highest BCUT2D eigenvalue weighted by atomic mass is 19.4. The summed E-state index contributed by atoms with van der Waals surface area (Å²) in [6.45, 7) is 5.22. The minimum atomic E-state index is -4.36. The first-order valence-corrected chi connectivity index (χ1v) is 9.40. The summed E-state index contributed by atoms with van der Waals surface area (Å²) in [6, 6.07) is 10.9. The van der Waals surface area contributed by atoms with Crippen LogP contribution < -0.4 is 4.74 Å². The fraction of sp³-hybridized carbons (Fsp3) is 0.409. The van der Waals surface area contributed by atoms with Crippen molar-refractivity contribution in [3.63, 3.8) is 0 Å². The van der Waals surface area contributed by atoms with Crippen LogP contribution in [0.15, 0.2) is 42.5 Å². The first-order valence-electron chi connectivity index (χ1n) is 9.40. The number of carbonyl (C=O) groups is 1. The van der Waals surface area contributed by atoms with Gasteiger partial charge in [0.25, 0.3) is 0 Å². The van der Waals surface area contributed by atoms with Crippen molar-refractivity contribution in [3.8, 4) is 5.75 Å². The summed E-state index contributed by atoms with van der Waals surface area (Å²) in [7, 11) is 0. The van der Waals surface area contributed by atoms with Crippen molar-refractivity contribution >= 4 is 5.91 Å². The Hall–Kier alpha value is -2.50. The summed E-state index contributed by atoms with van der Waals surface area (Å²) in [5.41, 5.74) is 2.12. The molecule has 3 nitrogen and oxygen atoms in total. The van der Waals surface area contributed by atoms with E-state index in [9.17, 15) is 18.0 Å². The predicted octanol–water partition coefficient (Wildman–Crippen LogP) is 4.93. The van der Waals surface area contributed by atoms with Gasteiger partial charge < -0.3 is 9.64 Å². The van der Waals surface area contributed by atoms with Gasteiger partial charge in [-0.15, -0.1) is 0 Å². The van der Waals surface area contributed by atoms with Crippen molar-refractivity contribution < 1.29 is 22.7 Å². The molecule has 2 aromatic carbocycles. The summed E-state index contributed by atoms with van der Waals surface area (Å²) in [5, 5.41) is 0. The van der Waals surface area contributed by atoms with E-state index in [4.69, 9.17) is 4.74 Å². The predicted molar refractivity (Wildman–Crippen MR) is 101 cm³/mol. The van der Waals surface area contributed by atoms with Crippen molar-refractivity contribution in [2.45, 2.75) is 45.4 Å². The van der Waals surface area contributed by atoms with Crippen LogP contribution in [0.2, 0.25) is 0 Å². The molecule has 1 aliphatic heterocycles. The number of piperidine rings is 1. The van der Waals surface area contributed by atoms with Crippen LogP contribution in [0, 0.1) is 13.8 Å². The quantitative estimate of drug-likeness (QED) is 0.739. The fourth-order valence-electron chi connectivity index (χ4n) is 3.33. The Labute approximate surface area is 163 Å². The zero-order valence-electron chi connectivity index (χ0n) is 16.1. The third-order valence-electron chi connectivity index (χ3n) is 5.07. The highest BCUT2D eigenvalue weighted by Gasteiger charge is 2.30. The van der Waals surface area contributed by atoms with Crippen molar-refractivity contribution in [1.82, 2.24) is 4.90 Å². The van der Waals surface area contributed by atoms with E-state index in [0.29, 0.717) is 18.7 Å². The van der Waals surface area contributed by atoms with E-state index in [2.05, 4.69) is 0 Å². The zero-order chi connectivity index (χ0) is 20.3. The molecule has 6 heteroatoms. The lowest BCUT2D eigenvalue weighted by Gasteiger charge is -2.32. The lowest BCUT2D eigenvalue weighted by molar-refractivity contribution is -0.137. The molecule has 1 amide bonds. The summed E-state index contributed by atoms with van der Waals surface area (Å²) < 4.78 is 44.0. The number of hydrogen-bond donors (Lipinski definition) is 0. The second kappa shape index (κ2) is 8.25. The number of benzene rings is 2. The third-order valence-corrected chi connectivity index (χ3v) is 5.07. The summed E-state index contributed by atoms with van der Waals surface area (Å²) in [4.78, 5) is 14.2. The van der Waals surface area contributed by atoms with Gasteiger partial charge in [-0.05, 0) is 48.7 Å². The summed E-state index contributed by atoms with van der Waals surface area (Å²) >= 11 is 0. The maximum atomic E-state index is 12.6. The molecule has 1 aliphatic rings. The standard InChI is InChI=1S/C22H24F3NO2/c1-15-3-4-16(2)20(13-15)28-19-9-11-26(12-10-19)21(27)14-17-5-7-18(8-6-17)22(23,24)25/h3-8,13,19H,9-12,14H2,1-2H3. The molecule has 28 heavy (non-hydrogen) atoms. The van der Waals surface area contributed by atoms with E-state index >= 15 is 0 Å². The molecule has 1 heterocycles. The molecule has 0 aromatic heterocycles. The van der Waals surface area contributed by atoms with Gasteiger partial charge in [-0.1, -0.05) is 24.3 Å². The normalized spacial score (nSPS) is 15.5. The number of hydrogen-bond acceptors (Lipinski definition) is 2. The second-order valence-electron chi connectivity index (χ2n) is 7.34. The average Bonchev–Trinajstić information content (AvgIpc) is 2.65. The van der Waals surface area contributed by atoms with Gasteiger partial charge in [0.05, 0.1) is 12.0 Å². The number of ether oxygens (including phenoxy) is 1. The molecule has 1 saturated heterocycles. The van der Waals surface area contributed by atoms with Crippen LogP contribution in [-0.4, -0.2) is 30.0 Å². The van der Waals surface area contributed by atoms with Crippen LogP contribution in [0.1, 0.15) is 35.1 Å². The number of likely N-dealkylation sites (tertiary alicyclic amines) is 1. The minimum absolute atomic E-state index is 0.0649. The topological polar surface area (TPSA) is 29.5 Å². The molecule has 0 aliphatic carbocycles. The maximum absolute atomic E-state index is 12.6. The zero-order valence-corrected chi connectivity index (χ0v) is 16.1. The molecular weight excluding hydrogens is 367 g/mol. The highest BCUT2D eigenvalue weighted by Crippen LogP contribution is 2.29. The van der Waals surface area contributed by atoms with Gasteiger partial charge in [0.1, 0.15) is 11.9 Å². The lowest BCUT2D eigenvalue weighted by Crippen LogP contribution is -2.42. The maximum Gasteiger partial charge on any atom is 0.416 e. The molecule has 0 bridgehead atoms.